The van der Waals surface area contributed by atoms with E-state index in [1.807, 2.05) is 47.4 Å². The second kappa shape index (κ2) is 5.61. The summed E-state index contributed by atoms with van der Waals surface area (Å²) in [5.41, 5.74) is 0.854. The highest BCUT2D eigenvalue weighted by molar-refractivity contribution is 6.02. The molecule has 104 valence electrons. The van der Waals surface area contributed by atoms with Gasteiger partial charge in [0, 0.05) is 36.7 Å². The van der Waals surface area contributed by atoms with Crippen LogP contribution in [0.3, 0.4) is 0 Å². The predicted molar refractivity (Wildman–Crippen MR) is 79.6 cm³/mol. The van der Waals surface area contributed by atoms with Crippen molar-refractivity contribution < 1.29 is 9.90 Å². The zero-order valence-electron chi connectivity index (χ0n) is 11.2. The van der Waals surface area contributed by atoms with Gasteiger partial charge in [-0.2, -0.15) is 0 Å². The lowest BCUT2D eigenvalue weighted by Gasteiger charge is -2.37. The Hall–Kier alpha value is -1.91. The molecule has 2 aromatic carbocycles. The molecule has 0 spiro atoms. The number of hydrogen-bond donors (Lipinski definition) is 2. The number of hydrogen-bond acceptors (Lipinski definition) is 3. The molecule has 1 aliphatic heterocycles. The van der Waals surface area contributed by atoms with Crippen molar-refractivity contribution in [2.45, 2.75) is 0 Å². The Morgan fingerprint density at radius 2 is 1.95 bits per heavy atom. The molecule has 1 fully saturated rings. The fourth-order valence-electron chi connectivity index (χ4n) is 2.65. The number of rotatable bonds is 4. The predicted octanol–water partition coefficient (Wildman–Crippen LogP) is 1.70. The molecule has 1 heterocycles. The maximum atomic E-state index is 12.0. The number of aliphatic hydroxyl groups is 1. The molecule has 0 atom stereocenters. The summed E-state index contributed by atoms with van der Waals surface area (Å²) in [7, 11) is 0. The van der Waals surface area contributed by atoms with Crippen LogP contribution in [0.1, 0.15) is 0 Å². The van der Waals surface area contributed by atoms with Crippen molar-refractivity contribution in [3.8, 4) is 0 Å². The van der Waals surface area contributed by atoms with Gasteiger partial charge in [0.2, 0.25) is 5.91 Å². The second-order valence-electron chi connectivity index (χ2n) is 5.32. The summed E-state index contributed by atoms with van der Waals surface area (Å²) >= 11 is 0. The monoisotopic (exact) mass is 270 g/mol. The number of nitrogens with one attached hydrogen (secondary N) is 1. The van der Waals surface area contributed by atoms with Crippen molar-refractivity contribution in [1.82, 2.24) is 4.90 Å². The Morgan fingerprint density at radius 1 is 1.20 bits per heavy atom. The lowest BCUT2D eigenvalue weighted by atomic mass is 10.0. The summed E-state index contributed by atoms with van der Waals surface area (Å²) in [5, 5.41) is 14.1. The lowest BCUT2D eigenvalue weighted by Crippen LogP contribution is -2.51. The van der Waals surface area contributed by atoms with E-state index in [-0.39, 0.29) is 12.5 Å². The summed E-state index contributed by atoms with van der Waals surface area (Å²) in [6.45, 7) is 2.21. The van der Waals surface area contributed by atoms with Crippen LogP contribution < -0.4 is 5.32 Å². The van der Waals surface area contributed by atoms with Gasteiger partial charge in [0.1, 0.15) is 0 Å². The topological polar surface area (TPSA) is 52.6 Å². The number of likely N-dealkylation sites (tertiary alicyclic amines) is 1. The van der Waals surface area contributed by atoms with Crippen LogP contribution in [0, 0.1) is 5.92 Å². The van der Waals surface area contributed by atoms with Gasteiger partial charge in [0.05, 0.1) is 6.54 Å². The lowest BCUT2D eigenvalue weighted by molar-refractivity contribution is -0.119. The van der Waals surface area contributed by atoms with Gasteiger partial charge in [-0.3, -0.25) is 9.69 Å². The van der Waals surface area contributed by atoms with Crippen LogP contribution in [0.5, 0.6) is 0 Å². The van der Waals surface area contributed by atoms with E-state index >= 15 is 0 Å². The van der Waals surface area contributed by atoms with Gasteiger partial charge >= 0.3 is 0 Å². The minimum Gasteiger partial charge on any atom is -0.396 e. The molecule has 1 amide bonds. The molecule has 3 rings (SSSR count). The van der Waals surface area contributed by atoms with Gasteiger partial charge in [-0.1, -0.05) is 36.4 Å². The largest absolute Gasteiger partial charge is 0.396 e. The number of carbonyl (C=O) groups excluding carboxylic acids is 1. The Bertz CT molecular complexity index is 615. The summed E-state index contributed by atoms with van der Waals surface area (Å²) in [6, 6.07) is 13.9. The number of nitrogens with zero attached hydrogens (tertiary/aromatic N) is 1. The molecule has 0 aromatic heterocycles. The first-order chi connectivity index (χ1) is 9.76. The average Bonchev–Trinajstić information content (AvgIpc) is 2.43. The van der Waals surface area contributed by atoms with Crippen LogP contribution in [0.25, 0.3) is 10.8 Å². The average molecular weight is 270 g/mol. The maximum absolute atomic E-state index is 12.0. The molecule has 4 nitrogen and oxygen atoms in total. The zero-order valence-corrected chi connectivity index (χ0v) is 11.2. The molecule has 0 unspecified atom stereocenters. The van der Waals surface area contributed by atoms with Crippen LogP contribution in [-0.4, -0.2) is 42.2 Å². The van der Waals surface area contributed by atoms with Crippen LogP contribution >= 0.6 is 0 Å². The van der Waals surface area contributed by atoms with Crippen LogP contribution in [0.4, 0.5) is 5.69 Å². The molecule has 2 aromatic rings. The van der Waals surface area contributed by atoms with E-state index in [0.29, 0.717) is 12.5 Å². The molecular weight excluding hydrogens is 252 g/mol. The maximum Gasteiger partial charge on any atom is 0.238 e. The molecule has 20 heavy (non-hydrogen) atoms. The van der Waals surface area contributed by atoms with Gasteiger partial charge < -0.3 is 10.4 Å². The van der Waals surface area contributed by atoms with Crippen LogP contribution in [-0.2, 0) is 4.79 Å². The van der Waals surface area contributed by atoms with Gasteiger partial charge in [-0.15, -0.1) is 0 Å². The molecule has 4 heteroatoms. The summed E-state index contributed by atoms with van der Waals surface area (Å²) in [4.78, 5) is 14.1. The highest BCUT2D eigenvalue weighted by Gasteiger charge is 2.27. The van der Waals surface area contributed by atoms with Gasteiger partial charge in [0.15, 0.2) is 0 Å². The smallest absolute Gasteiger partial charge is 0.238 e. The second-order valence-corrected chi connectivity index (χ2v) is 5.32. The Kier molecular flexibility index (Phi) is 3.67. The van der Waals surface area contributed by atoms with E-state index in [0.717, 1.165) is 29.5 Å². The van der Waals surface area contributed by atoms with Crippen molar-refractivity contribution in [3.63, 3.8) is 0 Å². The summed E-state index contributed by atoms with van der Waals surface area (Å²) < 4.78 is 0. The number of carbonyl (C=O) groups is 1. The number of anilines is 1. The first kappa shape index (κ1) is 13.1. The number of amides is 1. The van der Waals surface area contributed by atoms with Gasteiger partial charge in [-0.25, -0.2) is 0 Å². The molecule has 0 saturated carbocycles. The van der Waals surface area contributed by atoms with E-state index in [1.54, 1.807) is 0 Å². The minimum atomic E-state index is -0.00209. The normalized spacial score (nSPS) is 16.1. The van der Waals surface area contributed by atoms with Crippen LogP contribution in [0.2, 0.25) is 0 Å². The Labute approximate surface area is 118 Å². The number of fused-ring (bicyclic) bond motifs is 1. The Balaban J connectivity index is 1.66. The summed E-state index contributed by atoms with van der Waals surface area (Å²) in [5.74, 6) is 0.332. The first-order valence-electron chi connectivity index (χ1n) is 6.87. The fraction of sp³-hybridized carbons (Fsp3) is 0.312. The molecule has 0 aliphatic carbocycles. The van der Waals surface area contributed by atoms with Crippen LogP contribution in [0.15, 0.2) is 42.5 Å². The molecule has 0 radical (unpaired) electrons. The molecule has 2 N–H and O–H groups in total. The highest BCUT2D eigenvalue weighted by atomic mass is 16.3. The first-order valence-corrected chi connectivity index (χ1v) is 6.87. The van der Waals surface area contributed by atoms with Crippen molar-refractivity contribution in [2.24, 2.45) is 5.92 Å². The zero-order chi connectivity index (χ0) is 13.9. The SMILES string of the molecule is O=C(CN1CC(CO)C1)Nc1cccc2ccccc12. The quantitative estimate of drug-likeness (QED) is 0.889. The van der Waals surface area contributed by atoms with Crippen molar-refractivity contribution in [3.05, 3.63) is 42.5 Å². The van der Waals surface area contributed by atoms with E-state index in [4.69, 9.17) is 5.11 Å². The molecule has 1 aliphatic rings. The van der Waals surface area contributed by atoms with Gasteiger partial charge in [-0.05, 0) is 11.5 Å². The molecule has 0 bridgehead atoms. The highest BCUT2D eigenvalue weighted by Crippen LogP contribution is 2.23. The molecule has 1 saturated heterocycles. The van der Waals surface area contributed by atoms with Crippen molar-refractivity contribution in [1.29, 1.82) is 0 Å². The number of aliphatic hydroxyl groups excluding tert-OH is 1. The third kappa shape index (κ3) is 2.66. The fourth-order valence-corrected chi connectivity index (χ4v) is 2.65. The van der Waals surface area contributed by atoms with E-state index in [2.05, 4.69) is 5.32 Å². The third-order valence-corrected chi connectivity index (χ3v) is 3.72. The van der Waals surface area contributed by atoms with E-state index in [9.17, 15) is 4.79 Å². The van der Waals surface area contributed by atoms with Crippen molar-refractivity contribution in [2.75, 3.05) is 31.6 Å². The van der Waals surface area contributed by atoms with Gasteiger partial charge in [0.25, 0.3) is 0 Å². The van der Waals surface area contributed by atoms with E-state index < -0.39 is 0 Å². The Morgan fingerprint density at radius 3 is 2.75 bits per heavy atom. The summed E-state index contributed by atoms with van der Waals surface area (Å²) in [6.07, 6.45) is 0. The van der Waals surface area contributed by atoms with E-state index in [1.165, 1.54) is 0 Å². The molecular formula is C16H18N2O2. The van der Waals surface area contributed by atoms with Crippen molar-refractivity contribution >= 4 is 22.4 Å². The number of benzene rings is 2. The standard InChI is InChI=1S/C16H18N2O2/c19-11-12-8-18(9-12)10-16(20)17-15-7-3-5-13-4-1-2-6-14(13)15/h1-7,12,19H,8-11H2,(H,17,20). The third-order valence-electron chi connectivity index (χ3n) is 3.72. The minimum absolute atomic E-state index is 0.00209.